The largest absolute Gasteiger partial charge is 1.00 e. The average Bonchev–Trinajstić information content (AvgIpc) is 3.02. The van der Waals surface area contributed by atoms with Crippen LogP contribution in [0.15, 0.2) is 127 Å². The fourth-order valence-electron chi connectivity index (χ4n) is 4.47. The number of nitrogens with two attached hydrogens (primary N) is 1. The Morgan fingerprint density at radius 1 is 0.588 bits per heavy atom. The number of rotatable bonds is 9. The van der Waals surface area contributed by atoms with Crippen molar-refractivity contribution in [3.8, 4) is 0 Å². The number of benzene rings is 5. The van der Waals surface area contributed by atoms with Crippen LogP contribution in [0.2, 0.25) is 0 Å². The van der Waals surface area contributed by atoms with Gasteiger partial charge < -0.3 is 24.6 Å². The Kier molecular flexibility index (Phi) is 15.9. The van der Waals surface area contributed by atoms with Gasteiger partial charge in [-0.25, -0.2) is 25.3 Å². The van der Waals surface area contributed by atoms with Gasteiger partial charge in [0.15, 0.2) is 0 Å². The van der Waals surface area contributed by atoms with Crippen LogP contribution in [0.3, 0.4) is 0 Å². The van der Waals surface area contributed by atoms with Gasteiger partial charge in [-0.2, -0.15) is 5.11 Å². The first kappa shape index (κ1) is 44.8. The molecular formula is C30H20N5Na3O10S3. The molecule has 0 saturated carbocycles. The van der Waals surface area contributed by atoms with E-state index in [1.807, 2.05) is 0 Å². The van der Waals surface area contributed by atoms with Crippen LogP contribution in [0.4, 0.5) is 28.4 Å². The summed E-state index contributed by atoms with van der Waals surface area (Å²) in [5, 5.41) is 26.4. The van der Waals surface area contributed by atoms with Crippen LogP contribution >= 0.6 is 0 Å². The Labute approximate surface area is 359 Å². The van der Waals surface area contributed by atoms with Gasteiger partial charge in [0.05, 0.1) is 26.1 Å². The molecule has 21 heteroatoms. The number of anilines is 1. The molecule has 0 aromatic heterocycles. The first-order valence-corrected chi connectivity index (χ1v) is 17.5. The van der Waals surface area contributed by atoms with E-state index in [4.69, 9.17) is 5.73 Å². The van der Waals surface area contributed by atoms with Crippen LogP contribution in [0, 0.1) is 5.21 Å². The van der Waals surface area contributed by atoms with Crippen LogP contribution in [-0.4, -0.2) is 43.8 Å². The summed E-state index contributed by atoms with van der Waals surface area (Å²) < 4.78 is 105. The van der Waals surface area contributed by atoms with Crippen molar-refractivity contribution in [3.05, 3.63) is 113 Å². The van der Waals surface area contributed by atoms with Gasteiger partial charge in [-0.3, -0.25) is 0 Å². The normalized spacial score (nSPS) is 12.3. The Balaban J connectivity index is 0.00000300. The van der Waals surface area contributed by atoms with E-state index in [-0.39, 0.29) is 127 Å². The topological polar surface area (TPSA) is 261 Å². The molecule has 246 valence electrons. The van der Waals surface area contributed by atoms with E-state index >= 15 is 0 Å². The van der Waals surface area contributed by atoms with E-state index in [0.717, 1.165) is 42.5 Å². The van der Waals surface area contributed by atoms with Crippen LogP contribution in [0.1, 0.15) is 11.1 Å². The van der Waals surface area contributed by atoms with Gasteiger partial charge in [-0.05, 0) is 65.7 Å². The molecule has 5 aromatic carbocycles. The van der Waals surface area contributed by atoms with Crippen molar-refractivity contribution in [1.82, 2.24) is 0 Å². The summed E-state index contributed by atoms with van der Waals surface area (Å²) in [6, 6.07) is 21.1. The quantitative estimate of drug-likeness (QED) is 0.0294. The van der Waals surface area contributed by atoms with Gasteiger partial charge in [0.1, 0.15) is 36.0 Å². The van der Waals surface area contributed by atoms with Crippen molar-refractivity contribution in [2.45, 2.75) is 14.7 Å². The van der Waals surface area contributed by atoms with Crippen LogP contribution < -0.4 is 94.4 Å². The zero-order chi connectivity index (χ0) is 34.9. The molecule has 0 spiro atoms. The molecule has 0 aliphatic heterocycles. The molecule has 51 heavy (non-hydrogen) atoms. The molecule has 5 aromatic rings. The Morgan fingerprint density at radius 3 is 1.65 bits per heavy atom. The van der Waals surface area contributed by atoms with E-state index in [2.05, 4.69) is 15.3 Å². The zero-order valence-corrected chi connectivity index (χ0v) is 35.5. The second-order valence-corrected chi connectivity index (χ2v) is 14.0. The maximum atomic E-state index is 13.1. The monoisotopic (exact) mass is 775 g/mol. The summed E-state index contributed by atoms with van der Waals surface area (Å²) in [7, 11) is -14.7. The third-order valence-corrected chi connectivity index (χ3v) is 9.35. The zero-order valence-electron chi connectivity index (χ0n) is 27.1. The molecule has 0 radical (unpaired) electrons. The van der Waals surface area contributed by atoms with Gasteiger partial charge in [0, 0.05) is 33.7 Å². The molecule has 0 atom stereocenters. The molecule has 0 aliphatic carbocycles. The molecule has 15 nitrogen and oxygen atoms in total. The number of nitrogen functional groups attached to an aromatic ring is 1. The summed E-state index contributed by atoms with van der Waals surface area (Å²) in [4.78, 5) is -1.77. The molecule has 0 aliphatic rings. The van der Waals surface area contributed by atoms with Crippen molar-refractivity contribution in [1.29, 1.82) is 0 Å². The van der Waals surface area contributed by atoms with Crippen LogP contribution in [0.5, 0.6) is 0 Å². The molecular weight excluding hydrogens is 756 g/mol. The minimum atomic E-state index is -5.17. The second kappa shape index (κ2) is 18.1. The van der Waals surface area contributed by atoms with Crippen molar-refractivity contribution in [2.75, 3.05) is 5.73 Å². The first-order valence-electron chi connectivity index (χ1n) is 13.3. The fraction of sp³-hybridized carbons (Fsp3) is 0. The number of hydrogen-bond acceptors (Lipinski definition) is 14. The van der Waals surface area contributed by atoms with E-state index < -0.39 is 45.0 Å². The predicted molar refractivity (Wildman–Crippen MR) is 170 cm³/mol. The average molecular weight is 776 g/mol. The fourth-order valence-corrected chi connectivity index (χ4v) is 6.33. The van der Waals surface area contributed by atoms with Crippen LogP contribution in [0.25, 0.3) is 22.9 Å². The number of fused-ring (bicyclic) bond motifs is 1. The Morgan fingerprint density at radius 2 is 1.10 bits per heavy atom. The van der Waals surface area contributed by atoms with E-state index in [0.29, 0.717) is 16.5 Å². The maximum Gasteiger partial charge on any atom is 1.00 e. The van der Waals surface area contributed by atoms with Crippen molar-refractivity contribution in [3.63, 3.8) is 0 Å². The molecule has 0 fully saturated rings. The minimum absolute atomic E-state index is 0. The molecule has 0 amide bonds. The Hall–Kier alpha value is -2.37. The third kappa shape index (κ3) is 11.3. The molecule has 5 rings (SSSR count). The van der Waals surface area contributed by atoms with Crippen LogP contribution in [-0.2, 0) is 30.4 Å². The van der Waals surface area contributed by atoms with E-state index in [9.17, 15) is 44.1 Å². The minimum Gasteiger partial charge on any atom is -0.744 e. The number of azo groups is 2. The molecule has 0 heterocycles. The number of nitrogens with zero attached hydrogens (tertiary/aromatic N) is 4. The number of hydrogen-bond donors (Lipinski definition) is 1. The standard InChI is InChI=1S/C30H23N5O10S3.3Na/c31-21-9-7-19(29(17-21)47(40,41)42)5-6-20-8-12-23(18-30(20)48(43,44)45)35(36)34-28-16-15-27(25-3-1-2-4-26(25)28)33-32-22-10-13-24(14-11-22)46(37,38)39;;;/h1-18H,31H2,(H,37,38,39)(H,40,41,42)(H,43,44,45);;;/q;3*+1/p-3. The van der Waals surface area contributed by atoms with Gasteiger partial charge >= 0.3 is 88.7 Å². The summed E-state index contributed by atoms with van der Waals surface area (Å²) in [6.45, 7) is 0. The van der Waals surface area contributed by atoms with Gasteiger partial charge in [-0.1, -0.05) is 47.3 Å². The molecule has 2 N–H and O–H groups in total. The van der Waals surface area contributed by atoms with Gasteiger partial charge in [0.2, 0.25) is 5.69 Å². The van der Waals surface area contributed by atoms with E-state index in [1.165, 1.54) is 42.5 Å². The molecule has 0 unspecified atom stereocenters. The third-order valence-electron chi connectivity index (χ3n) is 6.71. The molecule has 0 bridgehead atoms. The first-order chi connectivity index (χ1) is 22.5. The smallest absolute Gasteiger partial charge is 0.744 e. The van der Waals surface area contributed by atoms with Gasteiger partial charge in [-0.15, -0.1) is 5.11 Å². The second-order valence-electron chi connectivity index (χ2n) is 9.93. The predicted octanol–water partition coefficient (Wildman–Crippen LogP) is -3.34. The summed E-state index contributed by atoms with van der Waals surface area (Å²) >= 11 is 0. The maximum absolute atomic E-state index is 13.1. The van der Waals surface area contributed by atoms with Crippen molar-refractivity contribution < 1.29 is 132 Å². The Bertz CT molecular complexity index is 2520. The van der Waals surface area contributed by atoms with Crippen molar-refractivity contribution in [2.24, 2.45) is 15.3 Å². The van der Waals surface area contributed by atoms with Crippen molar-refractivity contribution >= 4 is 81.7 Å². The summed E-state index contributed by atoms with van der Waals surface area (Å²) in [5.41, 5.74) is 5.71. The summed E-state index contributed by atoms with van der Waals surface area (Å²) in [6.07, 6.45) is 2.21. The summed E-state index contributed by atoms with van der Waals surface area (Å²) in [5.74, 6) is 0. The molecule has 0 saturated heterocycles. The van der Waals surface area contributed by atoms with E-state index in [1.54, 1.807) is 24.3 Å². The SMILES string of the molecule is Nc1ccc(C=Cc2ccc([N+]([O-])=Nc3ccc(N=Nc4ccc(S(=O)(=O)[O-])cc4)c4ccccc34)cc2S(=O)(=O)[O-])c(S(=O)(=O)[O-])c1.[Na+].[Na+].[Na+]. The van der Waals surface area contributed by atoms with Gasteiger partial charge in [0.25, 0.3) is 0 Å².